The van der Waals surface area contributed by atoms with Gasteiger partial charge >= 0.3 is 0 Å². The Balaban J connectivity index is 1.85. The van der Waals surface area contributed by atoms with Gasteiger partial charge in [-0.05, 0) is 30.2 Å². The standard InChI is InChI=1S/C15H15ClN2O2/c16-14-7-6-13(10-15(14)18(19)20)11-17-9-8-12-4-2-1-3-5-12/h1-7,10,17H,8-9,11H2. The average Bonchev–Trinajstić information content (AvgIpc) is 2.46. The Morgan fingerprint density at radius 2 is 1.85 bits per heavy atom. The molecule has 0 aliphatic rings. The van der Waals surface area contributed by atoms with Crippen molar-refractivity contribution in [2.45, 2.75) is 13.0 Å². The smallest absolute Gasteiger partial charge is 0.288 e. The fraction of sp³-hybridized carbons (Fsp3) is 0.200. The molecular weight excluding hydrogens is 276 g/mol. The molecule has 0 aliphatic heterocycles. The van der Waals surface area contributed by atoms with E-state index in [4.69, 9.17) is 11.6 Å². The Bertz CT molecular complexity index is 588. The molecule has 0 aliphatic carbocycles. The molecule has 0 fully saturated rings. The molecule has 4 nitrogen and oxygen atoms in total. The molecule has 0 spiro atoms. The molecule has 2 rings (SSSR count). The number of halogens is 1. The molecule has 0 atom stereocenters. The summed E-state index contributed by atoms with van der Waals surface area (Å²) in [7, 11) is 0. The summed E-state index contributed by atoms with van der Waals surface area (Å²) in [6.45, 7) is 1.41. The van der Waals surface area contributed by atoms with E-state index in [0.717, 1.165) is 18.5 Å². The molecule has 2 aromatic rings. The maximum Gasteiger partial charge on any atom is 0.288 e. The van der Waals surface area contributed by atoms with Gasteiger partial charge in [0.2, 0.25) is 0 Å². The Kier molecular flexibility index (Phi) is 5.09. The fourth-order valence-electron chi connectivity index (χ4n) is 1.92. The van der Waals surface area contributed by atoms with Gasteiger partial charge in [0.1, 0.15) is 5.02 Å². The molecular formula is C15H15ClN2O2. The van der Waals surface area contributed by atoms with Gasteiger partial charge in [-0.15, -0.1) is 0 Å². The number of hydrogen-bond acceptors (Lipinski definition) is 3. The normalized spacial score (nSPS) is 10.4. The third-order valence-corrected chi connectivity index (χ3v) is 3.29. The summed E-state index contributed by atoms with van der Waals surface area (Å²) < 4.78 is 0. The van der Waals surface area contributed by atoms with Crippen LogP contribution in [0.5, 0.6) is 0 Å². The minimum atomic E-state index is -0.462. The summed E-state index contributed by atoms with van der Waals surface area (Å²) in [5.74, 6) is 0. The van der Waals surface area contributed by atoms with Crippen LogP contribution in [0.1, 0.15) is 11.1 Å². The van der Waals surface area contributed by atoms with Gasteiger partial charge in [0.05, 0.1) is 4.92 Å². The summed E-state index contributed by atoms with van der Waals surface area (Å²) in [6, 6.07) is 15.0. The van der Waals surface area contributed by atoms with Crippen LogP contribution in [0, 0.1) is 10.1 Å². The number of rotatable bonds is 6. The van der Waals surface area contributed by atoms with E-state index in [9.17, 15) is 10.1 Å². The molecule has 20 heavy (non-hydrogen) atoms. The van der Waals surface area contributed by atoms with E-state index in [1.54, 1.807) is 12.1 Å². The number of benzene rings is 2. The predicted molar refractivity (Wildman–Crippen MR) is 80.0 cm³/mol. The van der Waals surface area contributed by atoms with Crippen LogP contribution in [0.4, 0.5) is 5.69 Å². The van der Waals surface area contributed by atoms with Gasteiger partial charge in [0.25, 0.3) is 5.69 Å². The van der Waals surface area contributed by atoms with Crippen LogP contribution < -0.4 is 5.32 Å². The van der Waals surface area contributed by atoms with Crippen molar-refractivity contribution < 1.29 is 4.92 Å². The minimum Gasteiger partial charge on any atom is -0.312 e. The van der Waals surface area contributed by atoms with Crippen LogP contribution in [0.2, 0.25) is 5.02 Å². The Labute approximate surface area is 122 Å². The van der Waals surface area contributed by atoms with E-state index in [0.29, 0.717) is 6.54 Å². The lowest BCUT2D eigenvalue weighted by atomic mass is 10.1. The average molecular weight is 291 g/mol. The number of hydrogen-bond donors (Lipinski definition) is 1. The summed E-state index contributed by atoms with van der Waals surface area (Å²) in [6.07, 6.45) is 0.927. The van der Waals surface area contributed by atoms with E-state index in [1.807, 2.05) is 18.2 Å². The molecule has 0 radical (unpaired) electrons. The monoisotopic (exact) mass is 290 g/mol. The van der Waals surface area contributed by atoms with E-state index < -0.39 is 4.92 Å². The molecule has 0 bridgehead atoms. The zero-order chi connectivity index (χ0) is 14.4. The second-order valence-electron chi connectivity index (χ2n) is 4.46. The predicted octanol–water partition coefficient (Wildman–Crippen LogP) is 3.58. The Hall–Kier alpha value is -1.91. The molecule has 0 aromatic heterocycles. The van der Waals surface area contributed by atoms with Gasteiger partial charge in [0, 0.05) is 12.6 Å². The highest BCUT2D eigenvalue weighted by molar-refractivity contribution is 6.32. The van der Waals surface area contributed by atoms with Crippen molar-refractivity contribution in [1.29, 1.82) is 0 Å². The summed E-state index contributed by atoms with van der Waals surface area (Å²) in [5, 5.41) is 14.2. The third-order valence-electron chi connectivity index (χ3n) is 2.97. The zero-order valence-corrected chi connectivity index (χ0v) is 11.6. The highest BCUT2D eigenvalue weighted by Crippen LogP contribution is 2.24. The number of nitro benzene ring substituents is 1. The van der Waals surface area contributed by atoms with Crippen molar-refractivity contribution in [2.24, 2.45) is 0 Å². The SMILES string of the molecule is O=[N+]([O-])c1cc(CNCCc2ccccc2)ccc1Cl. The number of nitrogens with one attached hydrogen (secondary N) is 1. The van der Waals surface area contributed by atoms with E-state index >= 15 is 0 Å². The first kappa shape index (κ1) is 14.5. The van der Waals surface area contributed by atoms with Crippen LogP contribution in [-0.4, -0.2) is 11.5 Å². The molecule has 0 unspecified atom stereocenters. The van der Waals surface area contributed by atoms with Gasteiger partial charge in [-0.2, -0.15) is 0 Å². The van der Waals surface area contributed by atoms with Gasteiger partial charge < -0.3 is 5.32 Å². The van der Waals surface area contributed by atoms with Crippen LogP contribution in [0.3, 0.4) is 0 Å². The first-order chi connectivity index (χ1) is 9.66. The highest BCUT2D eigenvalue weighted by atomic mass is 35.5. The zero-order valence-electron chi connectivity index (χ0n) is 10.9. The largest absolute Gasteiger partial charge is 0.312 e. The van der Waals surface area contributed by atoms with Crippen LogP contribution in [0.15, 0.2) is 48.5 Å². The van der Waals surface area contributed by atoms with E-state index in [2.05, 4.69) is 17.4 Å². The first-order valence-electron chi connectivity index (χ1n) is 6.34. The molecule has 2 aromatic carbocycles. The van der Waals surface area contributed by atoms with Gasteiger partial charge in [-0.1, -0.05) is 48.0 Å². The van der Waals surface area contributed by atoms with Crippen molar-refractivity contribution in [3.63, 3.8) is 0 Å². The van der Waals surface area contributed by atoms with Crippen LogP contribution >= 0.6 is 11.6 Å². The minimum absolute atomic E-state index is 0.0472. The van der Waals surface area contributed by atoms with Crippen molar-refractivity contribution in [3.05, 3.63) is 74.8 Å². The first-order valence-corrected chi connectivity index (χ1v) is 6.72. The molecule has 0 heterocycles. The van der Waals surface area contributed by atoms with Gasteiger partial charge in [-0.3, -0.25) is 10.1 Å². The summed E-state index contributed by atoms with van der Waals surface area (Å²) >= 11 is 5.77. The van der Waals surface area contributed by atoms with Crippen molar-refractivity contribution in [3.8, 4) is 0 Å². The maximum atomic E-state index is 10.8. The van der Waals surface area contributed by atoms with Gasteiger partial charge in [0.15, 0.2) is 0 Å². The molecule has 1 N–H and O–H groups in total. The highest BCUT2D eigenvalue weighted by Gasteiger charge is 2.12. The van der Waals surface area contributed by atoms with Crippen LogP contribution in [-0.2, 0) is 13.0 Å². The molecule has 0 saturated carbocycles. The van der Waals surface area contributed by atoms with Crippen molar-refractivity contribution >= 4 is 17.3 Å². The van der Waals surface area contributed by atoms with Crippen LogP contribution in [0.25, 0.3) is 0 Å². The second kappa shape index (κ2) is 7.03. The number of nitro groups is 1. The topological polar surface area (TPSA) is 55.2 Å². The number of nitrogens with zero attached hydrogens (tertiary/aromatic N) is 1. The Morgan fingerprint density at radius 3 is 2.55 bits per heavy atom. The summed E-state index contributed by atoms with van der Waals surface area (Å²) in [4.78, 5) is 10.3. The maximum absolute atomic E-state index is 10.8. The fourth-order valence-corrected chi connectivity index (χ4v) is 2.10. The van der Waals surface area contributed by atoms with E-state index in [1.165, 1.54) is 11.6 Å². The van der Waals surface area contributed by atoms with E-state index in [-0.39, 0.29) is 10.7 Å². The molecule has 5 heteroatoms. The van der Waals surface area contributed by atoms with Gasteiger partial charge in [-0.25, -0.2) is 0 Å². The lowest BCUT2D eigenvalue weighted by Gasteiger charge is -2.05. The lowest BCUT2D eigenvalue weighted by molar-refractivity contribution is -0.384. The molecule has 0 amide bonds. The quantitative estimate of drug-likeness (QED) is 0.502. The summed E-state index contributed by atoms with van der Waals surface area (Å²) in [5.41, 5.74) is 2.07. The molecule has 104 valence electrons. The third kappa shape index (κ3) is 4.05. The van der Waals surface area contributed by atoms with Crippen molar-refractivity contribution in [1.82, 2.24) is 5.32 Å². The molecule has 0 saturated heterocycles. The Morgan fingerprint density at radius 1 is 1.10 bits per heavy atom. The lowest BCUT2D eigenvalue weighted by Crippen LogP contribution is -2.16. The van der Waals surface area contributed by atoms with Crippen molar-refractivity contribution in [2.75, 3.05) is 6.54 Å². The second-order valence-corrected chi connectivity index (χ2v) is 4.86.